The molecule has 0 bridgehead atoms. The van der Waals surface area contributed by atoms with Gasteiger partial charge < -0.3 is 17.0 Å². The molecule has 0 aliphatic heterocycles. The van der Waals surface area contributed by atoms with Gasteiger partial charge in [0.05, 0.1) is 24.6 Å². The summed E-state index contributed by atoms with van der Waals surface area (Å²) in [6.45, 7) is 11.9. The molecule has 0 fully saturated rings. The molecule has 0 N–H and O–H groups in total. The third-order valence-electron chi connectivity index (χ3n) is 5.15. The second-order valence-electron chi connectivity index (χ2n) is 7.17. The van der Waals surface area contributed by atoms with E-state index in [-0.39, 0.29) is 17.0 Å². The van der Waals surface area contributed by atoms with Gasteiger partial charge in [-0.25, -0.2) is 0 Å². The lowest BCUT2D eigenvalue weighted by Gasteiger charge is -2.31. The van der Waals surface area contributed by atoms with Gasteiger partial charge in [0.1, 0.15) is 0 Å². The van der Waals surface area contributed by atoms with Crippen LogP contribution in [0.15, 0.2) is 0 Å². The zero-order chi connectivity index (χ0) is 16.0. The maximum atomic E-state index is 2.44. The van der Waals surface area contributed by atoms with Gasteiger partial charge in [0.2, 0.25) is 0 Å². The molecule has 22 heavy (non-hydrogen) atoms. The Morgan fingerprint density at radius 1 is 0.636 bits per heavy atom. The molecule has 0 aliphatic carbocycles. The summed E-state index contributed by atoms with van der Waals surface area (Å²) in [4.78, 5) is 0. The van der Waals surface area contributed by atoms with Crippen molar-refractivity contribution in [2.24, 2.45) is 5.92 Å². The summed E-state index contributed by atoms with van der Waals surface area (Å²) in [6, 6.07) is 0. The molecule has 0 spiro atoms. The normalized spacial score (nSPS) is 13.0. The number of hydrogen-bond donors (Lipinski definition) is 0. The number of rotatable bonds is 15. The van der Waals surface area contributed by atoms with Gasteiger partial charge in [0, 0.05) is 7.26 Å². The third-order valence-corrected chi connectivity index (χ3v) is 10.2. The fourth-order valence-electron chi connectivity index (χ4n) is 3.55. The van der Waals surface area contributed by atoms with Gasteiger partial charge in [-0.1, -0.05) is 66.7 Å². The standard InChI is InChI=1S/C20H44P.BrH/c1-6-11-15-20(10-5)19-21(16-12-7-2,17-13-8-3)18-14-9-4;/h20H,6-19H2,1-5H3;1H/q+1;/p-1. The zero-order valence-corrected chi connectivity index (χ0v) is 18.8. The molecule has 0 aromatic carbocycles. The van der Waals surface area contributed by atoms with Crippen LogP contribution in [0.3, 0.4) is 0 Å². The van der Waals surface area contributed by atoms with E-state index in [0.717, 1.165) is 5.92 Å². The third kappa shape index (κ3) is 11.4. The fraction of sp³-hybridized carbons (Fsp3) is 1.00. The van der Waals surface area contributed by atoms with Gasteiger partial charge in [-0.2, -0.15) is 0 Å². The Morgan fingerprint density at radius 2 is 1.05 bits per heavy atom. The van der Waals surface area contributed by atoms with Crippen molar-refractivity contribution in [1.82, 2.24) is 0 Å². The van der Waals surface area contributed by atoms with Crippen LogP contribution in [0.2, 0.25) is 0 Å². The van der Waals surface area contributed by atoms with Crippen molar-refractivity contribution in [2.45, 2.75) is 98.8 Å². The van der Waals surface area contributed by atoms with E-state index in [1.165, 1.54) is 64.2 Å². The smallest absolute Gasteiger partial charge is 0.0622 e. The molecule has 0 aromatic heterocycles. The van der Waals surface area contributed by atoms with Crippen molar-refractivity contribution < 1.29 is 17.0 Å². The maximum Gasteiger partial charge on any atom is 0.0622 e. The molecule has 0 radical (unpaired) electrons. The van der Waals surface area contributed by atoms with Crippen LogP contribution in [0.5, 0.6) is 0 Å². The molecular formula is C20H44BrP. The lowest BCUT2D eigenvalue weighted by Crippen LogP contribution is -3.00. The van der Waals surface area contributed by atoms with E-state index < -0.39 is 7.26 Å². The Balaban J connectivity index is 0. The first-order valence-electron chi connectivity index (χ1n) is 10.0. The molecule has 0 saturated carbocycles. The minimum absolute atomic E-state index is 0. The molecule has 2 heteroatoms. The largest absolute Gasteiger partial charge is 1.00 e. The summed E-state index contributed by atoms with van der Waals surface area (Å²) < 4.78 is 0. The Hall–Kier alpha value is 0.910. The molecule has 1 atom stereocenters. The van der Waals surface area contributed by atoms with E-state index in [2.05, 4.69) is 34.6 Å². The van der Waals surface area contributed by atoms with E-state index >= 15 is 0 Å². The van der Waals surface area contributed by atoms with Crippen molar-refractivity contribution in [2.75, 3.05) is 24.6 Å². The molecular weight excluding hydrogens is 351 g/mol. The van der Waals surface area contributed by atoms with E-state index in [4.69, 9.17) is 0 Å². The zero-order valence-electron chi connectivity index (χ0n) is 16.3. The van der Waals surface area contributed by atoms with Crippen molar-refractivity contribution in [3.8, 4) is 0 Å². The molecule has 136 valence electrons. The molecule has 0 heterocycles. The lowest BCUT2D eigenvalue weighted by molar-refractivity contribution is -0.00000498. The van der Waals surface area contributed by atoms with Gasteiger partial charge in [-0.15, -0.1) is 0 Å². The van der Waals surface area contributed by atoms with E-state index in [1.807, 2.05) is 0 Å². The van der Waals surface area contributed by atoms with Gasteiger partial charge >= 0.3 is 0 Å². The van der Waals surface area contributed by atoms with E-state index in [0.29, 0.717) is 0 Å². The topological polar surface area (TPSA) is 0 Å². The highest BCUT2D eigenvalue weighted by Gasteiger charge is 2.37. The number of hydrogen-bond acceptors (Lipinski definition) is 0. The quantitative estimate of drug-likeness (QED) is 0.355. The highest BCUT2D eigenvalue weighted by atomic mass is 79.9. The molecule has 0 aromatic rings. The highest BCUT2D eigenvalue weighted by Crippen LogP contribution is 2.62. The van der Waals surface area contributed by atoms with E-state index in [9.17, 15) is 0 Å². The highest BCUT2D eigenvalue weighted by molar-refractivity contribution is 7.75. The van der Waals surface area contributed by atoms with Gasteiger partial charge in [0.15, 0.2) is 0 Å². The van der Waals surface area contributed by atoms with Gasteiger partial charge in [0.25, 0.3) is 0 Å². The van der Waals surface area contributed by atoms with Crippen LogP contribution >= 0.6 is 7.26 Å². The van der Waals surface area contributed by atoms with Crippen LogP contribution < -0.4 is 17.0 Å². The Kier molecular flexibility index (Phi) is 19.2. The minimum Gasteiger partial charge on any atom is -1.00 e. The lowest BCUT2D eigenvalue weighted by atomic mass is 10.0. The molecule has 1 unspecified atom stereocenters. The second-order valence-corrected chi connectivity index (χ2v) is 11.6. The Morgan fingerprint density at radius 3 is 1.36 bits per heavy atom. The van der Waals surface area contributed by atoms with Gasteiger partial charge in [-0.05, 0) is 38.0 Å². The van der Waals surface area contributed by atoms with E-state index in [1.54, 1.807) is 24.6 Å². The average Bonchev–Trinajstić information content (AvgIpc) is 2.52. The predicted octanol–water partition coefficient (Wildman–Crippen LogP) is 4.62. The monoisotopic (exact) mass is 394 g/mol. The fourth-order valence-corrected chi connectivity index (χ4v) is 9.27. The number of unbranched alkanes of at least 4 members (excludes halogenated alkanes) is 4. The summed E-state index contributed by atoms with van der Waals surface area (Å²) in [6.07, 6.45) is 20.8. The predicted molar refractivity (Wildman–Crippen MR) is 104 cm³/mol. The first kappa shape index (κ1) is 25.2. The summed E-state index contributed by atoms with van der Waals surface area (Å²) >= 11 is 0. The van der Waals surface area contributed by atoms with Crippen LogP contribution in [0.1, 0.15) is 98.8 Å². The van der Waals surface area contributed by atoms with Crippen LogP contribution in [-0.2, 0) is 0 Å². The Labute approximate surface area is 153 Å². The average molecular weight is 395 g/mol. The first-order chi connectivity index (χ1) is 10.2. The van der Waals surface area contributed by atoms with Crippen molar-refractivity contribution in [3.63, 3.8) is 0 Å². The van der Waals surface area contributed by atoms with Crippen molar-refractivity contribution >= 4 is 7.26 Å². The number of halogens is 1. The van der Waals surface area contributed by atoms with Crippen LogP contribution in [0.25, 0.3) is 0 Å². The van der Waals surface area contributed by atoms with Crippen LogP contribution in [-0.4, -0.2) is 24.6 Å². The molecule has 0 rings (SSSR count). The molecule has 0 saturated heterocycles. The molecule has 0 amide bonds. The summed E-state index contributed by atoms with van der Waals surface area (Å²) in [5, 5.41) is 0. The summed E-state index contributed by atoms with van der Waals surface area (Å²) in [7, 11) is -0.659. The van der Waals surface area contributed by atoms with Crippen molar-refractivity contribution in [3.05, 3.63) is 0 Å². The molecule has 0 nitrogen and oxygen atoms in total. The SMILES string of the molecule is CCCCC(CC)C[P+](CCCC)(CCCC)CCCC.[Br-]. The Bertz CT molecular complexity index is 196. The minimum atomic E-state index is -0.659. The van der Waals surface area contributed by atoms with Crippen LogP contribution in [0, 0.1) is 5.92 Å². The van der Waals surface area contributed by atoms with Crippen LogP contribution in [0.4, 0.5) is 0 Å². The summed E-state index contributed by atoms with van der Waals surface area (Å²) in [5.74, 6) is 1.03. The first-order valence-corrected chi connectivity index (χ1v) is 12.6. The van der Waals surface area contributed by atoms with Gasteiger partial charge in [-0.3, -0.25) is 0 Å². The van der Waals surface area contributed by atoms with Crippen molar-refractivity contribution in [1.29, 1.82) is 0 Å². The summed E-state index contributed by atoms with van der Waals surface area (Å²) in [5.41, 5.74) is 0. The molecule has 0 aliphatic rings. The maximum absolute atomic E-state index is 2.44. The second kappa shape index (κ2) is 16.8.